The number of hydrogen-bond donors (Lipinski definition) is 1. The topological polar surface area (TPSA) is 32.9 Å². The number of aromatic nitrogens is 1. The maximum Gasteiger partial charge on any atom is 0.176 e. The van der Waals surface area contributed by atoms with Crippen molar-refractivity contribution >= 4 is 39.9 Å². The van der Waals surface area contributed by atoms with Gasteiger partial charge in [-0.2, -0.15) is 0 Å². The summed E-state index contributed by atoms with van der Waals surface area (Å²) < 4.78 is 0. The number of carbonyl (C=O) groups is 1. The van der Waals surface area contributed by atoms with Crippen LogP contribution in [0.5, 0.6) is 0 Å². The summed E-state index contributed by atoms with van der Waals surface area (Å²) >= 11 is 11.9. The first kappa shape index (κ1) is 10.5. The number of aryl methyl sites for hydroxylation is 1. The monoisotopic (exact) mass is 241 g/mol. The fourth-order valence-corrected chi connectivity index (χ4v) is 2.06. The first-order valence-corrected chi connectivity index (χ1v) is 5.25. The van der Waals surface area contributed by atoms with E-state index in [1.54, 1.807) is 6.07 Å². The molecule has 2 rings (SSSR count). The number of nitrogens with one attached hydrogen (secondary N) is 1. The average molecular weight is 242 g/mol. The predicted molar refractivity (Wildman–Crippen MR) is 63.1 cm³/mol. The van der Waals surface area contributed by atoms with Gasteiger partial charge in [0.1, 0.15) is 0 Å². The molecule has 4 heteroatoms. The first-order chi connectivity index (χ1) is 7.02. The third kappa shape index (κ3) is 1.54. The molecule has 0 aliphatic carbocycles. The Labute approximate surface area is 97.2 Å². The standard InChI is InChI=1S/C11H9Cl2NO/c1-5-7-3-4-8(12)9(13)11(7)14-10(5)6(2)15/h3-4,14H,1-2H3. The molecule has 1 aromatic heterocycles. The molecule has 0 spiro atoms. The normalized spacial score (nSPS) is 10.9. The highest BCUT2D eigenvalue weighted by molar-refractivity contribution is 6.45. The maximum absolute atomic E-state index is 11.3. The zero-order valence-electron chi connectivity index (χ0n) is 8.32. The average Bonchev–Trinajstić information content (AvgIpc) is 2.51. The van der Waals surface area contributed by atoms with Gasteiger partial charge in [-0.1, -0.05) is 29.3 Å². The van der Waals surface area contributed by atoms with Crippen LogP contribution in [0.1, 0.15) is 23.0 Å². The van der Waals surface area contributed by atoms with Crippen LogP contribution >= 0.6 is 23.2 Å². The molecule has 0 fully saturated rings. The Morgan fingerprint density at radius 2 is 2.00 bits per heavy atom. The van der Waals surface area contributed by atoms with Crippen molar-refractivity contribution in [3.63, 3.8) is 0 Å². The van der Waals surface area contributed by atoms with E-state index >= 15 is 0 Å². The van der Waals surface area contributed by atoms with Gasteiger partial charge >= 0.3 is 0 Å². The number of Topliss-reactive ketones (excluding diaryl/α,β-unsaturated/α-hetero) is 1. The molecule has 0 radical (unpaired) electrons. The van der Waals surface area contributed by atoms with Crippen molar-refractivity contribution < 1.29 is 4.79 Å². The molecular weight excluding hydrogens is 233 g/mol. The second kappa shape index (κ2) is 3.54. The lowest BCUT2D eigenvalue weighted by Crippen LogP contribution is -1.93. The van der Waals surface area contributed by atoms with E-state index in [9.17, 15) is 4.79 Å². The number of H-pyrrole nitrogens is 1. The lowest BCUT2D eigenvalue weighted by atomic mass is 10.1. The Bertz CT molecular complexity index is 557. The quantitative estimate of drug-likeness (QED) is 0.753. The fraction of sp³-hybridized carbons (Fsp3) is 0.182. The Balaban J connectivity index is 2.88. The Morgan fingerprint density at radius 1 is 1.33 bits per heavy atom. The third-order valence-corrected chi connectivity index (χ3v) is 3.28. The molecule has 0 aliphatic heterocycles. The van der Waals surface area contributed by atoms with Crippen molar-refractivity contribution in [3.05, 3.63) is 33.4 Å². The second-order valence-corrected chi connectivity index (χ2v) is 4.25. The van der Waals surface area contributed by atoms with Gasteiger partial charge in [0.2, 0.25) is 0 Å². The Hall–Kier alpha value is -0.990. The molecule has 2 nitrogen and oxygen atoms in total. The van der Waals surface area contributed by atoms with Gasteiger partial charge < -0.3 is 4.98 Å². The van der Waals surface area contributed by atoms with Crippen molar-refractivity contribution in [2.75, 3.05) is 0 Å². The molecule has 0 atom stereocenters. The third-order valence-electron chi connectivity index (χ3n) is 2.48. The van der Waals surface area contributed by atoms with Gasteiger partial charge in [0.05, 0.1) is 21.3 Å². The molecule has 0 unspecified atom stereocenters. The molecular formula is C11H9Cl2NO. The molecule has 1 heterocycles. The number of rotatable bonds is 1. The van der Waals surface area contributed by atoms with Crippen LogP contribution < -0.4 is 0 Å². The lowest BCUT2D eigenvalue weighted by molar-refractivity contribution is 0.101. The van der Waals surface area contributed by atoms with E-state index in [2.05, 4.69) is 4.98 Å². The number of halogens is 2. The summed E-state index contributed by atoms with van der Waals surface area (Å²) in [6.07, 6.45) is 0. The highest BCUT2D eigenvalue weighted by atomic mass is 35.5. The summed E-state index contributed by atoms with van der Waals surface area (Å²) in [4.78, 5) is 14.3. The molecule has 0 bridgehead atoms. The van der Waals surface area contributed by atoms with Crippen LogP contribution in [0, 0.1) is 6.92 Å². The Kier molecular flexibility index (Phi) is 2.49. The molecule has 2 aromatic rings. The van der Waals surface area contributed by atoms with Gasteiger partial charge in [0.25, 0.3) is 0 Å². The van der Waals surface area contributed by atoms with Gasteiger partial charge in [-0.05, 0) is 18.6 Å². The molecule has 78 valence electrons. The molecule has 0 aliphatic rings. The number of ketones is 1. The van der Waals surface area contributed by atoms with Gasteiger partial charge in [0, 0.05) is 12.3 Å². The largest absolute Gasteiger partial charge is 0.351 e. The zero-order valence-corrected chi connectivity index (χ0v) is 9.83. The van der Waals surface area contributed by atoms with E-state index < -0.39 is 0 Å². The molecule has 1 aromatic carbocycles. The van der Waals surface area contributed by atoms with E-state index in [-0.39, 0.29) is 5.78 Å². The van der Waals surface area contributed by atoms with Crippen LogP contribution in [-0.4, -0.2) is 10.8 Å². The Morgan fingerprint density at radius 3 is 2.60 bits per heavy atom. The first-order valence-electron chi connectivity index (χ1n) is 4.49. The van der Waals surface area contributed by atoms with E-state index in [0.717, 1.165) is 16.5 Å². The van der Waals surface area contributed by atoms with E-state index in [1.807, 2.05) is 13.0 Å². The number of benzene rings is 1. The minimum absolute atomic E-state index is 0.00381. The summed E-state index contributed by atoms with van der Waals surface area (Å²) in [7, 11) is 0. The summed E-state index contributed by atoms with van der Waals surface area (Å²) in [5.41, 5.74) is 2.23. The van der Waals surface area contributed by atoms with Crippen molar-refractivity contribution in [1.82, 2.24) is 4.98 Å². The molecule has 1 N–H and O–H groups in total. The molecule has 0 saturated carbocycles. The van der Waals surface area contributed by atoms with Gasteiger partial charge in [-0.3, -0.25) is 4.79 Å². The summed E-state index contributed by atoms with van der Waals surface area (Å²) in [5.74, 6) is -0.00381. The molecule has 15 heavy (non-hydrogen) atoms. The van der Waals surface area contributed by atoms with E-state index in [4.69, 9.17) is 23.2 Å². The minimum Gasteiger partial charge on any atom is -0.351 e. The zero-order chi connectivity index (χ0) is 11.2. The van der Waals surface area contributed by atoms with Crippen LogP contribution in [0.3, 0.4) is 0 Å². The molecule has 0 saturated heterocycles. The van der Waals surface area contributed by atoms with Crippen LogP contribution in [-0.2, 0) is 0 Å². The SMILES string of the molecule is CC(=O)c1[nH]c2c(Cl)c(Cl)ccc2c1C. The molecule has 0 amide bonds. The number of carbonyl (C=O) groups excluding carboxylic acids is 1. The van der Waals surface area contributed by atoms with Gasteiger partial charge in [-0.15, -0.1) is 0 Å². The fourth-order valence-electron chi connectivity index (χ4n) is 1.69. The van der Waals surface area contributed by atoms with Crippen molar-refractivity contribution in [1.29, 1.82) is 0 Å². The van der Waals surface area contributed by atoms with Gasteiger partial charge in [0.15, 0.2) is 5.78 Å². The van der Waals surface area contributed by atoms with Crippen LogP contribution in [0.15, 0.2) is 12.1 Å². The minimum atomic E-state index is -0.00381. The van der Waals surface area contributed by atoms with E-state index in [0.29, 0.717) is 15.7 Å². The van der Waals surface area contributed by atoms with Crippen molar-refractivity contribution in [3.8, 4) is 0 Å². The second-order valence-electron chi connectivity index (χ2n) is 3.47. The van der Waals surface area contributed by atoms with Crippen LogP contribution in [0.25, 0.3) is 10.9 Å². The lowest BCUT2D eigenvalue weighted by Gasteiger charge is -1.96. The highest BCUT2D eigenvalue weighted by Crippen LogP contribution is 2.33. The highest BCUT2D eigenvalue weighted by Gasteiger charge is 2.14. The van der Waals surface area contributed by atoms with Crippen LogP contribution in [0.4, 0.5) is 0 Å². The summed E-state index contributed by atoms with van der Waals surface area (Å²) in [6.45, 7) is 3.41. The number of aromatic amines is 1. The van der Waals surface area contributed by atoms with Crippen molar-refractivity contribution in [2.24, 2.45) is 0 Å². The summed E-state index contributed by atoms with van der Waals surface area (Å²) in [5, 5.41) is 1.89. The van der Waals surface area contributed by atoms with E-state index in [1.165, 1.54) is 6.92 Å². The van der Waals surface area contributed by atoms with Gasteiger partial charge in [-0.25, -0.2) is 0 Å². The smallest absolute Gasteiger partial charge is 0.176 e. The van der Waals surface area contributed by atoms with Crippen molar-refractivity contribution in [2.45, 2.75) is 13.8 Å². The number of hydrogen-bond acceptors (Lipinski definition) is 1. The predicted octanol–water partition coefficient (Wildman–Crippen LogP) is 3.99. The maximum atomic E-state index is 11.3. The number of fused-ring (bicyclic) bond motifs is 1. The van der Waals surface area contributed by atoms with Crippen LogP contribution in [0.2, 0.25) is 10.0 Å². The summed E-state index contributed by atoms with van der Waals surface area (Å²) in [6, 6.07) is 3.60.